The number of aryl methyl sites for hydroxylation is 1. The molecule has 0 unspecified atom stereocenters. The molecule has 1 aliphatic heterocycles. The van der Waals surface area contributed by atoms with E-state index in [9.17, 15) is 14.0 Å². The summed E-state index contributed by atoms with van der Waals surface area (Å²) in [7, 11) is 0. The van der Waals surface area contributed by atoms with Crippen molar-refractivity contribution in [2.24, 2.45) is 5.92 Å². The van der Waals surface area contributed by atoms with Crippen LogP contribution in [0.15, 0.2) is 28.9 Å². The van der Waals surface area contributed by atoms with Crippen molar-refractivity contribution < 1.29 is 18.5 Å². The minimum Gasteiger partial charge on any atom is -0.353 e. The molecule has 1 saturated heterocycles. The van der Waals surface area contributed by atoms with Crippen molar-refractivity contribution in [1.82, 2.24) is 20.4 Å². The number of nitrogens with zero attached hydrogens (tertiary/aromatic N) is 4. The number of thiazole rings is 1. The maximum Gasteiger partial charge on any atom is 0.267 e. The third-order valence-electron chi connectivity index (χ3n) is 6.38. The van der Waals surface area contributed by atoms with Crippen molar-refractivity contribution in [1.29, 1.82) is 0 Å². The van der Waals surface area contributed by atoms with Crippen LogP contribution in [0.5, 0.6) is 0 Å². The van der Waals surface area contributed by atoms with E-state index in [1.165, 1.54) is 11.3 Å². The summed E-state index contributed by atoms with van der Waals surface area (Å²) in [4.78, 5) is 36.2. The average molecular weight is 483 g/mol. The zero-order chi connectivity index (χ0) is 23.4. The van der Waals surface area contributed by atoms with E-state index in [0.29, 0.717) is 53.4 Å². The van der Waals surface area contributed by atoms with Crippen molar-refractivity contribution in [3.8, 4) is 11.4 Å². The molecule has 2 N–H and O–H groups in total. The van der Waals surface area contributed by atoms with Crippen LogP contribution in [-0.4, -0.2) is 52.2 Å². The summed E-state index contributed by atoms with van der Waals surface area (Å²) in [6.07, 6.45) is 3.21. The number of alkyl halides is 1. The highest BCUT2D eigenvalue weighted by molar-refractivity contribution is 7.17. The van der Waals surface area contributed by atoms with Gasteiger partial charge in [0.2, 0.25) is 17.6 Å². The van der Waals surface area contributed by atoms with Crippen LogP contribution in [0.4, 0.5) is 15.2 Å². The number of hydrogen-bond acceptors (Lipinski definition) is 8. The van der Waals surface area contributed by atoms with E-state index in [-0.39, 0.29) is 23.7 Å². The lowest BCUT2D eigenvalue weighted by Crippen LogP contribution is -2.54. The van der Waals surface area contributed by atoms with Crippen LogP contribution < -0.4 is 15.5 Å². The molecule has 9 nitrogen and oxygen atoms in total. The van der Waals surface area contributed by atoms with Gasteiger partial charge in [0.1, 0.15) is 11.0 Å². The lowest BCUT2D eigenvalue weighted by molar-refractivity contribution is -0.125. The fraction of sp³-hybridized carbons (Fsp3) is 0.435. The molecule has 2 atom stereocenters. The second kappa shape index (κ2) is 8.15. The van der Waals surface area contributed by atoms with Gasteiger partial charge in [0, 0.05) is 30.4 Å². The third kappa shape index (κ3) is 4.15. The van der Waals surface area contributed by atoms with Gasteiger partial charge in [-0.25, -0.2) is 9.37 Å². The molecule has 1 aromatic carbocycles. The molecular weight excluding hydrogens is 459 g/mol. The number of aromatic nitrogens is 3. The second-order valence-electron chi connectivity index (χ2n) is 9.19. The normalized spacial score (nSPS) is 21.8. The summed E-state index contributed by atoms with van der Waals surface area (Å²) in [5.74, 6) is 0.194. The fourth-order valence-corrected chi connectivity index (χ4v) is 4.70. The lowest BCUT2D eigenvalue weighted by atomic mass is 10.0. The van der Waals surface area contributed by atoms with Gasteiger partial charge in [0.25, 0.3) is 5.91 Å². The largest absolute Gasteiger partial charge is 0.353 e. The van der Waals surface area contributed by atoms with Gasteiger partial charge >= 0.3 is 0 Å². The third-order valence-corrected chi connectivity index (χ3v) is 7.44. The Morgan fingerprint density at radius 1 is 1.26 bits per heavy atom. The quantitative estimate of drug-likeness (QED) is 0.531. The van der Waals surface area contributed by atoms with Crippen LogP contribution in [0, 0.1) is 12.8 Å². The smallest absolute Gasteiger partial charge is 0.267 e. The molecule has 2 aliphatic carbocycles. The van der Waals surface area contributed by atoms with E-state index in [4.69, 9.17) is 4.52 Å². The molecule has 11 heteroatoms. The number of halogens is 1. The highest BCUT2D eigenvalue weighted by Crippen LogP contribution is 2.43. The molecule has 3 aliphatic rings. The average Bonchev–Trinajstić information content (AvgIpc) is 3.61. The highest BCUT2D eigenvalue weighted by atomic mass is 32.1. The molecule has 34 heavy (non-hydrogen) atoms. The van der Waals surface area contributed by atoms with E-state index >= 15 is 0 Å². The van der Waals surface area contributed by atoms with E-state index in [2.05, 4.69) is 25.8 Å². The van der Waals surface area contributed by atoms with E-state index < -0.39 is 6.17 Å². The first-order chi connectivity index (χ1) is 16.4. The lowest BCUT2D eigenvalue weighted by Gasteiger charge is -2.38. The SMILES string of the molecule is Cc1ccc(-c2noc([C@H]3C[C@@H]3F)n2)cc1NC(=O)c1cnc(N2CC(C(=O)NC3CC3)C2)s1. The van der Waals surface area contributed by atoms with Crippen molar-refractivity contribution >= 4 is 34.0 Å². The first kappa shape index (κ1) is 21.2. The Morgan fingerprint density at radius 3 is 2.79 bits per heavy atom. The predicted octanol–water partition coefficient (Wildman–Crippen LogP) is 3.29. The van der Waals surface area contributed by atoms with Crippen molar-refractivity contribution in [2.75, 3.05) is 23.3 Å². The van der Waals surface area contributed by atoms with Crippen molar-refractivity contribution in [3.63, 3.8) is 0 Å². The van der Waals surface area contributed by atoms with Crippen LogP contribution in [0.3, 0.4) is 0 Å². The minimum atomic E-state index is -0.910. The first-order valence-electron chi connectivity index (χ1n) is 11.4. The Balaban J connectivity index is 1.10. The number of amides is 2. The Labute approximate surface area is 198 Å². The van der Waals surface area contributed by atoms with E-state index in [0.717, 1.165) is 23.5 Å². The van der Waals surface area contributed by atoms with Crippen molar-refractivity contribution in [2.45, 2.75) is 44.3 Å². The first-order valence-corrected chi connectivity index (χ1v) is 12.2. The van der Waals surface area contributed by atoms with Gasteiger partial charge in [-0.1, -0.05) is 28.6 Å². The predicted molar refractivity (Wildman–Crippen MR) is 124 cm³/mol. The van der Waals surface area contributed by atoms with Gasteiger partial charge in [-0.2, -0.15) is 4.98 Å². The molecular formula is C23H23FN6O3S. The number of anilines is 2. The molecule has 3 heterocycles. The maximum atomic E-state index is 13.3. The Bertz CT molecular complexity index is 1270. The van der Waals surface area contributed by atoms with Gasteiger partial charge in [-0.3, -0.25) is 9.59 Å². The number of rotatable bonds is 7. The Kier molecular flexibility index (Phi) is 5.09. The van der Waals surface area contributed by atoms with Crippen molar-refractivity contribution in [3.05, 3.63) is 40.7 Å². The van der Waals surface area contributed by atoms with Gasteiger partial charge in [0.15, 0.2) is 5.13 Å². The van der Waals surface area contributed by atoms with E-state index in [1.807, 2.05) is 24.0 Å². The fourth-order valence-electron chi connectivity index (χ4n) is 3.87. The summed E-state index contributed by atoms with van der Waals surface area (Å²) < 4.78 is 18.5. The molecule has 0 bridgehead atoms. The van der Waals surface area contributed by atoms with Gasteiger partial charge in [-0.15, -0.1) is 0 Å². The van der Waals surface area contributed by atoms with E-state index in [1.54, 1.807) is 12.3 Å². The number of carbonyl (C=O) groups excluding carboxylic acids is 2. The summed E-state index contributed by atoms with van der Waals surface area (Å²) in [6.45, 7) is 3.12. The summed E-state index contributed by atoms with van der Waals surface area (Å²) in [6, 6.07) is 5.84. The zero-order valence-corrected chi connectivity index (χ0v) is 19.3. The Hall–Kier alpha value is -3.34. The van der Waals surface area contributed by atoms with Gasteiger partial charge in [0.05, 0.1) is 18.0 Å². The number of carbonyl (C=O) groups is 2. The molecule has 0 spiro atoms. The second-order valence-corrected chi connectivity index (χ2v) is 10.2. The van der Waals surface area contributed by atoms with Gasteiger partial charge < -0.3 is 20.1 Å². The molecule has 3 fully saturated rings. The number of benzene rings is 1. The van der Waals surface area contributed by atoms with Gasteiger partial charge in [-0.05, 0) is 37.8 Å². The van der Waals surface area contributed by atoms with Crippen LogP contribution >= 0.6 is 11.3 Å². The zero-order valence-electron chi connectivity index (χ0n) is 18.5. The van der Waals surface area contributed by atoms with Crippen LogP contribution in [-0.2, 0) is 4.79 Å². The molecule has 2 saturated carbocycles. The molecule has 3 aromatic rings. The number of nitrogens with one attached hydrogen (secondary N) is 2. The molecule has 2 aromatic heterocycles. The topological polar surface area (TPSA) is 113 Å². The Morgan fingerprint density at radius 2 is 2.06 bits per heavy atom. The summed E-state index contributed by atoms with van der Waals surface area (Å²) in [5, 5.41) is 10.7. The summed E-state index contributed by atoms with van der Waals surface area (Å²) >= 11 is 1.30. The van der Waals surface area contributed by atoms with Crippen LogP contribution in [0.1, 0.15) is 46.3 Å². The summed E-state index contributed by atoms with van der Waals surface area (Å²) in [5.41, 5.74) is 2.18. The maximum absolute atomic E-state index is 13.3. The monoisotopic (exact) mass is 482 g/mol. The highest BCUT2D eigenvalue weighted by Gasteiger charge is 2.43. The van der Waals surface area contributed by atoms with Crippen LogP contribution in [0.25, 0.3) is 11.4 Å². The molecule has 0 radical (unpaired) electrons. The minimum absolute atomic E-state index is 0.0199. The van der Waals surface area contributed by atoms with Crippen LogP contribution in [0.2, 0.25) is 0 Å². The molecule has 6 rings (SSSR count). The molecule has 176 valence electrons. The number of hydrogen-bond donors (Lipinski definition) is 2. The molecule has 2 amide bonds. The standard InChI is InChI=1S/C23H23FN6O3S/c1-11-2-3-12(19-28-22(33-29-19)15-7-16(15)24)6-17(11)27-21(32)18-8-25-23(34-18)30-9-13(10-30)20(31)26-14-4-5-14/h2-3,6,8,13-16H,4-5,7,9-10H2,1H3,(H,26,31)(H,27,32)/t15-,16-/m0/s1.